The molecule has 3 aromatic rings. The predicted molar refractivity (Wildman–Crippen MR) is 83.2 cm³/mol. The third kappa shape index (κ3) is 3.22. The summed E-state index contributed by atoms with van der Waals surface area (Å²) in [4.78, 5) is 4.12. The second-order valence-corrected chi connectivity index (χ2v) is 4.94. The molecule has 1 atom stereocenters. The third-order valence-electron chi connectivity index (χ3n) is 3.46. The average Bonchev–Trinajstić information content (AvgIpc) is 3.04. The molecular formula is C18H14FN3O. The molecule has 0 saturated heterocycles. The van der Waals surface area contributed by atoms with Crippen LogP contribution in [0, 0.1) is 17.1 Å². The number of nitriles is 1. The van der Waals surface area contributed by atoms with Crippen LogP contribution in [0.1, 0.15) is 17.2 Å². The normalized spacial score (nSPS) is 11.7. The molecule has 0 aliphatic carbocycles. The van der Waals surface area contributed by atoms with Gasteiger partial charge in [-0.15, -0.1) is 0 Å². The van der Waals surface area contributed by atoms with Crippen molar-refractivity contribution in [1.29, 1.82) is 5.26 Å². The first-order chi connectivity index (χ1) is 11.3. The zero-order valence-corrected chi connectivity index (χ0v) is 12.3. The summed E-state index contributed by atoms with van der Waals surface area (Å²) in [5.74, 6) is -0.328. The summed E-state index contributed by atoms with van der Waals surface area (Å²) in [7, 11) is 0. The SMILES string of the molecule is N#CC(c1ccccc1)n1ccnc1OCc1ccccc1F. The predicted octanol–water partition coefficient (Wildman–Crippen LogP) is 3.71. The smallest absolute Gasteiger partial charge is 0.298 e. The van der Waals surface area contributed by atoms with E-state index in [1.165, 1.54) is 6.07 Å². The first-order valence-electron chi connectivity index (χ1n) is 7.13. The third-order valence-corrected chi connectivity index (χ3v) is 3.46. The summed E-state index contributed by atoms with van der Waals surface area (Å²) >= 11 is 0. The van der Waals surface area contributed by atoms with Crippen LogP contribution in [-0.4, -0.2) is 9.55 Å². The summed E-state index contributed by atoms with van der Waals surface area (Å²) in [6.45, 7) is 0.0522. The topological polar surface area (TPSA) is 50.8 Å². The van der Waals surface area contributed by atoms with Gasteiger partial charge in [0.25, 0.3) is 6.01 Å². The summed E-state index contributed by atoms with van der Waals surface area (Å²) < 4.78 is 20.9. The number of aromatic nitrogens is 2. The van der Waals surface area contributed by atoms with Crippen LogP contribution in [0.5, 0.6) is 6.01 Å². The lowest BCUT2D eigenvalue weighted by Gasteiger charge is -2.14. The van der Waals surface area contributed by atoms with Gasteiger partial charge in [0.05, 0.1) is 6.07 Å². The zero-order chi connectivity index (χ0) is 16.1. The molecule has 3 rings (SSSR count). The van der Waals surface area contributed by atoms with Gasteiger partial charge in [-0.3, -0.25) is 4.57 Å². The lowest BCUT2D eigenvalue weighted by atomic mass is 10.1. The Morgan fingerprint density at radius 1 is 1.13 bits per heavy atom. The molecule has 0 aliphatic heterocycles. The van der Waals surface area contributed by atoms with Gasteiger partial charge in [0.15, 0.2) is 6.04 Å². The van der Waals surface area contributed by atoms with E-state index in [0.29, 0.717) is 5.56 Å². The monoisotopic (exact) mass is 307 g/mol. The molecule has 5 heteroatoms. The summed E-state index contributed by atoms with van der Waals surface area (Å²) in [6.07, 6.45) is 3.24. The van der Waals surface area contributed by atoms with E-state index in [1.807, 2.05) is 30.3 Å². The minimum Gasteiger partial charge on any atom is -0.460 e. The lowest BCUT2D eigenvalue weighted by Crippen LogP contribution is -2.11. The van der Waals surface area contributed by atoms with Crippen molar-refractivity contribution in [1.82, 2.24) is 9.55 Å². The molecule has 23 heavy (non-hydrogen) atoms. The second-order valence-electron chi connectivity index (χ2n) is 4.94. The van der Waals surface area contributed by atoms with Crippen molar-refractivity contribution < 1.29 is 9.13 Å². The van der Waals surface area contributed by atoms with Gasteiger partial charge in [0.1, 0.15) is 12.4 Å². The van der Waals surface area contributed by atoms with Crippen LogP contribution in [-0.2, 0) is 6.61 Å². The van der Waals surface area contributed by atoms with E-state index in [-0.39, 0.29) is 18.4 Å². The maximum atomic E-state index is 13.6. The number of halogens is 1. The van der Waals surface area contributed by atoms with Crippen LogP contribution in [0.15, 0.2) is 67.0 Å². The minimum absolute atomic E-state index is 0.0522. The first kappa shape index (κ1) is 14.8. The van der Waals surface area contributed by atoms with E-state index < -0.39 is 6.04 Å². The molecule has 0 bridgehead atoms. The van der Waals surface area contributed by atoms with Crippen LogP contribution in [0.25, 0.3) is 0 Å². The van der Waals surface area contributed by atoms with E-state index in [2.05, 4.69) is 11.1 Å². The molecule has 0 radical (unpaired) electrons. The highest BCUT2D eigenvalue weighted by Crippen LogP contribution is 2.23. The maximum Gasteiger partial charge on any atom is 0.298 e. The molecule has 0 aliphatic rings. The number of ether oxygens (including phenoxy) is 1. The summed E-state index contributed by atoms with van der Waals surface area (Å²) in [6, 6.07) is 17.8. The molecule has 0 amide bonds. The fourth-order valence-corrected chi connectivity index (χ4v) is 2.30. The number of nitrogens with zero attached hydrogens (tertiary/aromatic N) is 3. The van der Waals surface area contributed by atoms with E-state index in [1.54, 1.807) is 35.2 Å². The second kappa shape index (κ2) is 6.75. The molecule has 114 valence electrons. The standard InChI is InChI=1S/C18H14FN3O/c19-16-9-5-4-8-15(16)13-23-18-21-10-11-22(18)17(12-20)14-6-2-1-3-7-14/h1-11,17H,13H2. The minimum atomic E-state index is -0.547. The number of hydrogen-bond donors (Lipinski definition) is 0. The Morgan fingerprint density at radius 3 is 2.61 bits per heavy atom. The van der Waals surface area contributed by atoms with Crippen LogP contribution in [0.2, 0.25) is 0 Å². The summed E-state index contributed by atoms with van der Waals surface area (Å²) in [5.41, 5.74) is 1.28. The molecule has 0 saturated carbocycles. The molecule has 1 aromatic heterocycles. The van der Waals surface area contributed by atoms with Crippen LogP contribution in [0.4, 0.5) is 4.39 Å². The lowest BCUT2D eigenvalue weighted by molar-refractivity contribution is 0.261. The van der Waals surface area contributed by atoms with Crippen LogP contribution in [0.3, 0.4) is 0 Å². The van der Waals surface area contributed by atoms with Crippen molar-refractivity contribution in [3.05, 3.63) is 83.9 Å². The van der Waals surface area contributed by atoms with Crippen molar-refractivity contribution in [2.45, 2.75) is 12.6 Å². The number of rotatable bonds is 5. The Kier molecular flexibility index (Phi) is 4.34. The number of benzene rings is 2. The Labute approximate surface area is 133 Å². The van der Waals surface area contributed by atoms with E-state index in [0.717, 1.165) is 5.56 Å². The molecule has 0 N–H and O–H groups in total. The highest BCUT2D eigenvalue weighted by Gasteiger charge is 2.17. The van der Waals surface area contributed by atoms with Crippen LogP contribution < -0.4 is 4.74 Å². The Bertz CT molecular complexity index is 824. The Hall–Kier alpha value is -3.13. The highest BCUT2D eigenvalue weighted by atomic mass is 19.1. The van der Waals surface area contributed by atoms with Gasteiger partial charge in [-0.1, -0.05) is 48.5 Å². The Balaban J connectivity index is 1.82. The Morgan fingerprint density at radius 2 is 1.87 bits per heavy atom. The van der Waals surface area contributed by atoms with Crippen molar-refractivity contribution in [2.24, 2.45) is 0 Å². The van der Waals surface area contributed by atoms with Crippen molar-refractivity contribution >= 4 is 0 Å². The van der Waals surface area contributed by atoms with Gasteiger partial charge in [-0.2, -0.15) is 5.26 Å². The molecule has 4 nitrogen and oxygen atoms in total. The number of hydrogen-bond acceptors (Lipinski definition) is 3. The molecule has 2 aromatic carbocycles. The van der Waals surface area contributed by atoms with Gasteiger partial charge < -0.3 is 4.74 Å². The van der Waals surface area contributed by atoms with Gasteiger partial charge in [-0.05, 0) is 11.6 Å². The van der Waals surface area contributed by atoms with E-state index in [9.17, 15) is 9.65 Å². The highest BCUT2D eigenvalue weighted by molar-refractivity contribution is 5.27. The largest absolute Gasteiger partial charge is 0.460 e. The van der Waals surface area contributed by atoms with Gasteiger partial charge in [0.2, 0.25) is 0 Å². The molecule has 0 spiro atoms. The average molecular weight is 307 g/mol. The fourth-order valence-electron chi connectivity index (χ4n) is 2.30. The van der Waals surface area contributed by atoms with Crippen molar-refractivity contribution in [2.75, 3.05) is 0 Å². The maximum absolute atomic E-state index is 13.6. The zero-order valence-electron chi connectivity index (χ0n) is 12.3. The van der Waals surface area contributed by atoms with Gasteiger partial charge >= 0.3 is 0 Å². The molecule has 0 fully saturated rings. The first-order valence-corrected chi connectivity index (χ1v) is 7.13. The quantitative estimate of drug-likeness (QED) is 0.722. The molecular weight excluding hydrogens is 293 g/mol. The summed E-state index contributed by atoms with van der Waals surface area (Å²) in [5, 5.41) is 9.49. The van der Waals surface area contributed by atoms with Gasteiger partial charge in [0, 0.05) is 18.0 Å². The van der Waals surface area contributed by atoms with Gasteiger partial charge in [-0.25, -0.2) is 9.37 Å². The van der Waals surface area contributed by atoms with Crippen molar-refractivity contribution in [3.63, 3.8) is 0 Å². The number of imidazole rings is 1. The van der Waals surface area contributed by atoms with Crippen molar-refractivity contribution in [3.8, 4) is 12.1 Å². The van der Waals surface area contributed by atoms with E-state index >= 15 is 0 Å². The fraction of sp³-hybridized carbons (Fsp3) is 0.111. The van der Waals surface area contributed by atoms with E-state index in [4.69, 9.17) is 4.74 Å². The molecule has 1 heterocycles. The molecule has 1 unspecified atom stereocenters. The van der Waals surface area contributed by atoms with Crippen LogP contribution >= 0.6 is 0 Å².